The first-order valence-electron chi connectivity index (χ1n) is 5.90. The summed E-state index contributed by atoms with van der Waals surface area (Å²) in [5, 5.41) is 0. The van der Waals surface area contributed by atoms with Gasteiger partial charge in [-0.25, -0.2) is 12.8 Å². The molecule has 0 aromatic carbocycles. The molecular weight excluding hydrogens is 290 g/mol. The highest BCUT2D eigenvalue weighted by molar-refractivity contribution is 7.86. The number of nitrogens with zero attached hydrogens (tertiary/aromatic N) is 1. The standard InChI is InChI=1S/C8H20N.C2H2F4O3S/c1-5-9(6-2,7-3)8-4;3-1(2(4,5)6)10(7,8)9/h5-8H2,1-4H3;1H,(H,7,8,9)/q+1;/p-1. The number of alkyl halides is 4. The number of rotatable bonds is 5. The third-order valence-electron chi connectivity index (χ3n) is 3.19. The fourth-order valence-electron chi connectivity index (χ4n) is 1.51. The van der Waals surface area contributed by atoms with Crippen LogP contribution in [0.25, 0.3) is 0 Å². The number of quaternary nitrogens is 1. The molecule has 0 N–H and O–H groups in total. The largest absolute Gasteiger partial charge is 0.745 e. The lowest BCUT2D eigenvalue weighted by molar-refractivity contribution is -0.921. The van der Waals surface area contributed by atoms with Gasteiger partial charge in [-0.1, -0.05) is 0 Å². The molecule has 0 fully saturated rings. The van der Waals surface area contributed by atoms with Crippen LogP contribution in [0, 0.1) is 0 Å². The van der Waals surface area contributed by atoms with Gasteiger partial charge in [0, 0.05) is 0 Å². The predicted molar refractivity (Wildman–Crippen MR) is 63.1 cm³/mol. The van der Waals surface area contributed by atoms with Gasteiger partial charge in [-0.05, 0) is 27.7 Å². The Kier molecular flexibility index (Phi) is 8.81. The predicted octanol–water partition coefficient (Wildman–Crippen LogP) is 2.27. The second-order valence-corrected chi connectivity index (χ2v) is 5.36. The van der Waals surface area contributed by atoms with Crippen molar-refractivity contribution in [3.05, 3.63) is 0 Å². The van der Waals surface area contributed by atoms with Crippen molar-refractivity contribution in [3.63, 3.8) is 0 Å². The van der Waals surface area contributed by atoms with Crippen LogP contribution >= 0.6 is 0 Å². The van der Waals surface area contributed by atoms with E-state index in [0.717, 1.165) is 0 Å². The van der Waals surface area contributed by atoms with Gasteiger partial charge in [0.2, 0.25) is 0 Å². The summed E-state index contributed by atoms with van der Waals surface area (Å²) < 4.78 is 73.6. The Morgan fingerprint density at radius 2 is 1.26 bits per heavy atom. The van der Waals surface area contributed by atoms with E-state index in [1.807, 2.05) is 0 Å². The van der Waals surface area contributed by atoms with E-state index in [9.17, 15) is 30.5 Å². The lowest BCUT2D eigenvalue weighted by Gasteiger charge is -2.34. The molecular formula is C10H21F4NO3S. The van der Waals surface area contributed by atoms with Gasteiger partial charge in [-0.15, -0.1) is 0 Å². The second kappa shape index (κ2) is 8.01. The summed E-state index contributed by atoms with van der Waals surface area (Å²) in [6.07, 6.45) is -5.62. The Hall–Kier alpha value is -0.410. The van der Waals surface area contributed by atoms with E-state index < -0.39 is 21.8 Å². The minimum atomic E-state index is -5.90. The maximum atomic E-state index is 11.4. The van der Waals surface area contributed by atoms with Crippen LogP contribution < -0.4 is 0 Å². The van der Waals surface area contributed by atoms with Crippen LogP contribution in [0.1, 0.15) is 27.7 Å². The van der Waals surface area contributed by atoms with Gasteiger partial charge in [0.15, 0.2) is 0 Å². The zero-order valence-corrected chi connectivity index (χ0v) is 12.3. The fraction of sp³-hybridized carbons (Fsp3) is 1.00. The van der Waals surface area contributed by atoms with Crippen molar-refractivity contribution >= 4 is 10.1 Å². The SMILES string of the molecule is CC[N+](CC)(CC)CC.O=S(=O)([O-])C(F)C(F)(F)F. The highest BCUT2D eigenvalue weighted by Gasteiger charge is 2.45. The summed E-state index contributed by atoms with van der Waals surface area (Å²) in [6, 6.07) is 0. The average Bonchev–Trinajstić information content (AvgIpc) is 2.30. The summed E-state index contributed by atoms with van der Waals surface area (Å²) in [5.74, 6) is 0. The molecule has 0 aromatic heterocycles. The monoisotopic (exact) mass is 311 g/mol. The third-order valence-corrected chi connectivity index (χ3v) is 3.97. The van der Waals surface area contributed by atoms with Gasteiger partial charge in [0.25, 0.3) is 5.50 Å². The van der Waals surface area contributed by atoms with Crippen molar-refractivity contribution in [2.24, 2.45) is 0 Å². The molecule has 0 heterocycles. The van der Waals surface area contributed by atoms with Crippen molar-refractivity contribution in [3.8, 4) is 0 Å². The van der Waals surface area contributed by atoms with E-state index in [0.29, 0.717) is 0 Å². The molecule has 0 saturated carbocycles. The molecule has 0 aliphatic rings. The van der Waals surface area contributed by atoms with Crippen LogP contribution in [-0.4, -0.2) is 55.3 Å². The summed E-state index contributed by atoms with van der Waals surface area (Å²) in [5.41, 5.74) is -4.32. The van der Waals surface area contributed by atoms with E-state index in [1.54, 1.807) is 0 Å². The maximum Gasteiger partial charge on any atom is 0.433 e. The highest BCUT2D eigenvalue weighted by atomic mass is 32.2. The second-order valence-electron chi connectivity index (χ2n) is 3.96. The van der Waals surface area contributed by atoms with Gasteiger partial charge < -0.3 is 9.04 Å². The molecule has 4 nitrogen and oxygen atoms in total. The topological polar surface area (TPSA) is 57.2 Å². The van der Waals surface area contributed by atoms with Crippen molar-refractivity contribution in [1.29, 1.82) is 0 Å². The minimum absolute atomic E-state index is 1.28. The number of hydrogen-bond donors (Lipinski definition) is 0. The minimum Gasteiger partial charge on any atom is -0.745 e. The quantitative estimate of drug-likeness (QED) is 0.444. The van der Waals surface area contributed by atoms with Gasteiger partial charge in [-0.3, -0.25) is 0 Å². The fourth-order valence-corrected chi connectivity index (χ4v) is 1.83. The highest BCUT2D eigenvalue weighted by Crippen LogP contribution is 2.25. The summed E-state index contributed by atoms with van der Waals surface area (Å²) in [6.45, 7) is 14.2. The lowest BCUT2D eigenvalue weighted by Crippen LogP contribution is -2.47. The van der Waals surface area contributed by atoms with Crippen LogP contribution in [-0.2, 0) is 10.1 Å². The van der Waals surface area contributed by atoms with Crippen molar-refractivity contribution in [1.82, 2.24) is 0 Å². The zero-order valence-electron chi connectivity index (χ0n) is 11.5. The maximum absolute atomic E-state index is 11.4. The molecule has 0 radical (unpaired) electrons. The molecule has 0 aliphatic heterocycles. The molecule has 0 amide bonds. The number of hydrogen-bond acceptors (Lipinski definition) is 3. The lowest BCUT2D eigenvalue weighted by atomic mass is 10.3. The van der Waals surface area contributed by atoms with Crippen LogP contribution in [0.5, 0.6) is 0 Å². The first-order chi connectivity index (χ1) is 8.40. The van der Waals surface area contributed by atoms with E-state index in [2.05, 4.69) is 27.7 Å². The van der Waals surface area contributed by atoms with E-state index in [4.69, 9.17) is 0 Å². The third kappa shape index (κ3) is 7.68. The first-order valence-corrected chi connectivity index (χ1v) is 7.37. The summed E-state index contributed by atoms with van der Waals surface area (Å²) in [7, 11) is -5.90. The van der Waals surface area contributed by atoms with E-state index in [1.165, 1.54) is 30.7 Å². The first kappa shape index (κ1) is 20.9. The molecule has 0 aliphatic carbocycles. The summed E-state index contributed by atoms with van der Waals surface area (Å²) >= 11 is 0. The molecule has 118 valence electrons. The molecule has 0 bridgehead atoms. The summed E-state index contributed by atoms with van der Waals surface area (Å²) in [4.78, 5) is 0. The van der Waals surface area contributed by atoms with Crippen LogP contribution in [0.15, 0.2) is 0 Å². The van der Waals surface area contributed by atoms with Crippen molar-refractivity contribution < 1.29 is 35.0 Å². The van der Waals surface area contributed by atoms with E-state index >= 15 is 0 Å². The Labute approximate surface area is 111 Å². The van der Waals surface area contributed by atoms with Gasteiger partial charge in [0.05, 0.1) is 26.2 Å². The van der Waals surface area contributed by atoms with E-state index in [-0.39, 0.29) is 0 Å². The molecule has 1 unspecified atom stereocenters. The van der Waals surface area contributed by atoms with Gasteiger partial charge in [-0.2, -0.15) is 13.2 Å². The van der Waals surface area contributed by atoms with Gasteiger partial charge >= 0.3 is 6.18 Å². The van der Waals surface area contributed by atoms with Crippen LogP contribution in [0.3, 0.4) is 0 Å². The van der Waals surface area contributed by atoms with Gasteiger partial charge in [0.1, 0.15) is 10.1 Å². The molecule has 0 saturated heterocycles. The molecule has 0 spiro atoms. The Morgan fingerprint density at radius 3 is 1.26 bits per heavy atom. The molecule has 19 heavy (non-hydrogen) atoms. The molecule has 1 atom stereocenters. The molecule has 9 heteroatoms. The molecule has 0 rings (SSSR count). The normalized spacial score (nSPS) is 14.6. The van der Waals surface area contributed by atoms with Crippen molar-refractivity contribution in [2.45, 2.75) is 39.4 Å². The molecule has 0 aromatic rings. The average molecular weight is 311 g/mol. The van der Waals surface area contributed by atoms with Crippen molar-refractivity contribution in [2.75, 3.05) is 26.2 Å². The number of halogens is 4. The van der Waals surface area contributed by atoms with Crippen LogP contribution in [0.2, 0.25) is 0 Å². The Bertz CT molecular complexity index is 322. The smallest absolute Gasteiger partial charge is 0.433 e. The van der Waals surface area contributed by atoms with Crippen LogP contribution in [0.4, 0.5) is 17.6 Å². The zero-order chi connectivity index (χ0) is 15.9. The Balaban J connectivity index is 0. The Morgan fingerprint density at radius 1 is 1.00 bits per heavy atom.